The van der Waals surface area contributed by atoms with Crippen LogP contribution in [0.2, 0.25) is 0 Å². The van der Waals surface area contributed by atoms with E-state index >= 15 is 0 Å². The molecule has 0 spiro atoms. The Morgan fingerprint density at radius 1 is 0.955 bits per heavy atom. The molecule has 0 aliphatic rings. The highest BCUT2D eigenvalue weighted by atomic mass is 32.2. The predicted molar refractivity (Wildman–Crippen MR) is 73.4 cm³/mol. The van der Waals surface area contributed by atoms with E-state index in [0.29, 0.717) is 11.8 Å². The van der Waals surface area contributed by atoms with Crippen molar-refractivity contribution in [2.75, 3.05) is 13.2 Å². The van der Waals surface area contributed by atoms with Crippen LogP contribution in [0.5, 0.6) is 5.75 Å². The molecule has 0 heterocycles. The number of halogens is 3. The smallest absolute Gasteiger partial charge is 0.243 e. The van der Waals surface area contributed by atoms with Crippen molar-refractivity contribution in [3.8, 4) is 5.75 Å². The Labute approximate surface area is 125 Å². The third-order valence-electron chi connectivity index (χ3n) is 2.66. The lowest BCUT2D eigenvalue weighted by molar-refractivity contribution is 0.322. The summed E-state index contributed by atoms with van der Waals surface area (Å²) in [5, 5.41) is 0. The van der Waals surface area contributed by atoms with Crippen LogP contribution in [0.3, 0.4) is 0 Å². The zero-order chi connectivity index (χ0) is 16.2. The van der Waals surface area contributed by atoms with Crippen molar-refractivity contribution in [2.45, 2.75) is 4.90 Å². The predicted octanol–water partition coefficient (Wildman–Crippen LogP) is 2.46. The molecule has 0 saturated carbocycles. The van der Waals surface area contributed by atoms with Gasteiger partial charge in [-0.1, -0.05) is 0 Å². The van der Waals surface area contributed by atoms with Crippen LogP contribution < -0.4 is 9.46 Å². The molecule has 4 nitrogen and oxygen atoms in total. The number of nitrogens with one attached hydrogen (secondary N) is 1. The Balaban J connectivity index is 1.91. The van der Waals surface area contributed by atoms with E-state index in [1.807, 2.05) is 0 Å². The molecule has 0 saturated heterocycles. The fourth-order valence-electron chi connectivity index (χ4n) is 1.65. The number of benzene rings is 2. The summed E-state index contributed by atoms with van der Waals surface area (Å²) in [5.74, 6) is -2.09. The third-order valence-corrected chi connectivity index (χ3v) is 4.15. The van der Waals surface area contributed by atoms with Crippen LogP contribution in [0.1, 0.15) is 0 Å². The highest BCUT2D eigenvalue weighted by molar-refractivity contribution is 7.89. The number of rotatable bonds is 6. The van der Waals surface area contributed by atoms with Gasteiger partial charge in [0.1, 0.15) is 34.7 Å². The molecule has 1 N–H and O–H groups in total. The quantitative estimate of drug-likeness (QED) is 0.828. The number of ether oxygens (including phenoxy) is 1. The van der Waals surface area contributed by atoms with Gasteiger partial charge in [-0.05, 0) is 36.4 Å². The van der Waals surface area contributed by atoms with Crippen molar-refractivity contribution in [1.82, 2.24) is 4.72 Å². The lowest BCUT2D eigenvalue weighted by Gasteiger charge is -2.09. The monoisotopic (exact) mass is 331 g/mol. The van der Waals surface area contributed by atoms with E-state index in [9.17, 15) is 21.6 Å². The highest BCUT2D eigenvalue weighted by Crippen LogP contribution is 2.15. The van der Waals surface area contributed by atoms with Crippen LogP contribution in [-0.4, -0.2) is 21.6 Å². The lowest BCUT2D eigenvalue weighted by atomic mass is 10.3. The molecule has 2 rings (SSSR count). The summed E-state index contributed by atoms with van der Waals surface area (Å²) in [7, 11) is -4.10. The number of hydrogen-bond donors (Lipinski definition) is 1. The lowest BCUT2D eigenvalue weighted by Crippen LogP contribution is -2.29. The summed E-state index contributed by atoms with van der Waals surface area (Å²) in [4.78, 5) is -0.643. The maximum absolute atomic E-state index is 13.4. The summed E-state index contributed by atoms with van der Waals surface area (Å²) < 4.78 is 69.9. The Hall–Kier alpha value is -2.06. The van der Waals surface area contributed by atoms with Gasteiger partial charge in [0.25, 0.3) is 0 Å². The fraction of sp³-hybridized carbons (Fsp3) is 0.143. The average molecular weight is 331 g/mol. The molecule has 0 aromatic heterocycles. The number of sulfonamides is 1. The maximum atomic E-state index is 13.4. The van der Waals surface area contributed by atoms with Crippen molar-refractivity contribution < 1.29 is 26.3 Å². The highest BCUT2D eigenvalue weighted by Gasteiger charge is 2.18. The zero-order valence-corrected chi connectivity index (χ0v) is 12.0. The molecule has 118 valence electrons. The number of hydrogen-bond acceptors (Lipinski definition) is 3. The fourth-order valence-corrected chi connectivity index (χ4v) is 2.72. The van der Waals surface area contributed by atoms with E-state index in [4.69, 9.17) is 4.74 Å². The standard InChI is InChI=1S/C14H12F3NO3S/c15-10-1-4-12(5-2-10)21-8-7-18-22(19,20)14-6-3-11(16)9-13(14)17/h1-6,9,18H,7-8H2. The molecule has 0 unspecified atom stereocenters. The Morgan fingerprint density at radius 2 is 1.59 bits per heavy atom. The van der Waals surface area contributed by atoms with E-state index < -0.39 is 32.4 Å². The minimum absolute atomic E-state index is 0.0341. The van der Waals surface area contributed by atoms with E-state index in [1.54, 1.807) is 0 Å². The van der Waals surface area contributed by atoms with Crippen LogP contribution in [0.25, 0.3) is 0 Å². The van der Waals surface area contributed by atoms with Gasteiger partial charge in [0, 0.05) is 12.6 Å². The molecular weight excluding hydrogens is 319 g/mol. The summed E-state index contributed by atoms with van der Waals surface area (Å²) in [6.07, 6.45) is 0. The second-order valence-electron chi connectivity index (χ2n) is 4.27. The first-order valence-corrected chi connectivity index (χ1v) is 7.70. The van der Waals surface area contributed by atoms with Gasteiger partial charge in [0.05, 0.1) is 0 Å². The molecular formula is C14H12F3NO3S. The minimum atomic E-state index is -4.10. The van der Waals surface area contributed by atoms with E-state index in [2.05, 4.69) is 4.72 Å². The van der Waals surface area contributed by atoms with Gasteiger partial charge in [-0.25, -0.2) is 26.3 Å². The van der Waals surface area contributed by atoms with Crippen LogP contribution in [0.4, 0.5) is 13.2 Å². The van der Waals surface area contributed by atoms with Gasteiger partial charge in [0.2, 0.25) is 10.0 Å². The first-order chi connectivity index (χ1) is 10.4. The van der Waals surface area contributed by atoms with Gasteiger partial charge in [-0.15, -0.1) is 0 Å². The Kier molecular flexibility index (Phi) is 5.04. The van der Waals surface area contributed by atoms with E-state index in [1.165, 1.54) is 24.3 Å². The van der Waals surface area contributed by atoms with Crippen molar-refractivity contribution in [1.29, 1.82) is 0 Å². The first-order valence-electron chi connectivity index (χ1n) is 6.21. The van der Waals surface area contributed by atoms with Crippen LogP contribution >= 0.6 is 0 Å². The van der Waals surface area contributed by atoms with Gasteiger partial charge in [-0.3, -0.25) is 0 Å². The Morgan fingerprint density at radius 3 is 2.23 bits per heavy atom. The molecule has 2 aromatic rings. The molecule has 0 radical (unpaired) electrons. The first kappa shape index (κ1) is 16.3. The van der Waals surface area contributed by atoms with E-state index in [-0.39, 0.29) is 13.2 Å². The summed E-state index contributed by atoms with van der Waals surface area (Å²) in [6.45, 7) is -0.162. The molecule has 0 aliphatic heterocycles. The minimum Gasteiger partial charge on any atom is -0.492 e. The topological polar surface area (TPSA) is 55.4 Å². The van der Waals surface area contributed by atoms with Crippen LogP contribution in [0, 0.1) is 17.5 Å². The average Bonchev–Trinajstić information content (AvgIpc) is 2.45. The molecule has 0 bridgehead atoms. The normalized spacial score (nSPS) is 11.4. The Bertz CT molecular complexity index is 748. The van der Waals surface area contributed by atoms with Crippen LogP contribution in [-0.2, 0) is 10.0 Å². The van der Waals surface area contributed by atoms with Gasteiger partial charge < -0.3 is 4.74 Å². The molecule has 0 amide bonds. The van der Waals surface area contributed by atoms with Crippen LogP contribution in [0.15, 0.2) is 47.4 Å². The van der Waals surface area contributed by atoms with E-state index in [0.717, 1.165) is 12.1 Å². The van der Waals surface area contributed by atoms with Gasteiger partial charge in [0.15, 0.2) is 0 Å². The molecule has 0 aliphatic carbocycles. The SMILES string of the molecule is O=S(=O)(NCCOc1ccc(F)cc1)c1ccc(F)cc1F. The second kappa shape index (κ2) is 6.80. The van der Waals surface area contributed by atoms with Crippen molar-refractivity contribution in [3.05, 3.63) is 59.9 Å². The molecule has 22 heavy (non-hydrogen) atoms. The zero-order valence-electron chi connectivity index (χ0n) is 11.2. The van der Waals surface area contributed by atoms with Crippen molar-refractivity contribution in [3.63, 3.8) is 0 Å². The maximum Gasteiger partial charge on any atom is 0.243 e. The summed E-state index contributed by atoms with van der Waals surface area (Å²) in [5.41, 5.74) is 0. The van der Waals surface area contributed by atoms with Crippen molar-refractivity contribution in [2.24, 2.45) is 0 Å². The van der Waals surface area contributed by atoms with Gasteiger partial charge >= 0.3 is 0 Å². The largest absolute Gasteiger partial charge is 0.492 e. The molecule has 2 aromatic carbocycles. The van der Waals surface area contributed by atoms with Crippen molar-refractivity contribution >= 4 is 10.0 Å². The third kappa shape index (κ3) is 4.22. The second-order valence-corrected chi connectivity index (χ2v) is 6.01. The summed E-state index contributed by atoms with van der Waals surface area (Å²) >= 11 is 0. The molecule has 0 atom stereocenters. The van der Waals surface area contributed by atoms with Gasteiger partial charge in [-0.2, -0.15) is 0 Å². The molecule has 8 heteroatoms. The molecule has 0 fully saturated rings. The summed E-state index contributed by atoms with van der Waals surface area (Å²) in [6, 6.07) is 7.37.